The summed E-state index contributed by atoms with van der Waals surface area (Å²) < 4.78 is 38.4. The molecule has 178 valence electrons. The third-order valence-corrected chi connectivity index (χ3v) is 5.54. The average Bonchev–Trinajstić information content (AvgIpc) is 2.87. The van der Waals surface area contributed by atoms with E-state index in [2.05, 4.69) is 14.7 Å². The minimum atomic E-state index is -3.97. The van der Waals surface area contributed by atoms with E-state index in [9.17, 15) is 21.8 Å². The number of nitro groups is 1. The summed E-state index contributed by atoms with van der Waals surface area (Å²) in [6.45, 7) is 1.85. The number of rotatable bonds is 5. The molecule has 0 saturated carbocycles. The van der Waals surface area contributed by atoms with Crippen LogP contribution < -0.4 is 0 Å². The Hall–Kier alpha value is -3.52. The first-order valence-electron chi connectivity index (χ1n) is 9.58. The molecule has 2 aromatic heterocycles. The maximum Gasteiger partial charge on any atom is 0.0267 e. The van der Waals surface area contributed by atoms with Gasteiger partial charge in [0, 0.05) is 30.7 Å². The number of nitro benzene ring substituents is 1. The molecular formula is C23H19FN4O4PdS. The molecule has 0 saturated heterocycles. The second-order valence-electron chi connectivity index (χ2n) is 6.58. The molecule has 0 N–H and O–H groups in total. The van der Waals surface area contributed by atoms with Crippen molar-refractivity contribution in [1.82, 2.24) is 9.97 Å². The predicted molar refractivity (Wildman–Crippen MR) is 123 cm³/mol. The summed E-state index contributed by atoms with van der Waals surface area (Å²) in [6, 6.07) is 20.9. The standard InChI is InChI=1S/C18H14N3O4S.C5H5N.FH.Pd/c1-13-5-8-15(9-6-13)26(24,25)20-18-10-7-14(21(22)23)12-16(18)17-4-2-3-11-19-17;1-2-4-6-5-3-1;;/h2-12H,1H3;1-5H;1H;/q-1;;;+2/p-1. The fourth-order valence-electron chi connectivity index (χ4n) is 2.65. The third-order valence-electron chi connectivity index (χ3n) is 4.24. The monoisotopic (exact) mass is 572 g/mol. The van der Waals surface area contributed by atoms with Gasteiger partial charge >= 0.3 is 22.9 Å². The van der Waals surface area contributed by atoms with Gasteiger partial charge in [-0.05, 0) is 48.9 Å². The van der Waals surface area contributed by atoms with Crippen LogP contribution in [0.3, 0.4) is 0 Å². The van der Waals surface area contributed by atoms with E-state index in [-0.39, 0.29) is 21.8 Å². The zero-order valence-electron chi connectivity index (χ0n) is 17.8. The molecule has 0 bridgehead atoms. The molecule has 0 spiro atoms. The maximum atomic E-state index is 12.6. The average molecular weight is 573 g/mol. The van der Waals surface area contributed by atoms with Gasteiger partial charge in [0.25, 0.3) is 5.69 Å². The van der Waals surface area contributed by atoms with Crippen LogP contribution in [0.1, 0.15) is 5.56 Å². The normalized spacial score (nSPS) is 10.1. The number of nitrogens with zero attached hydrogens (tertiary/aromatic N) is 4. The van der Waals surface area contributed by atoms with Crippen LogP contribution in [0.4, 0.5) is 14.6 Å². The van der Waals surface area contributed by atoms with E-state index >= 15 is 0 Å². The van der Waals surface area contributed by atoms with Gasteiger partial charge in [-0.25, -0.2) is 8.42 Å². The van der Waals surface area contributed by atoms with Crippen molar-refractivity contribution >= 4 is 21.4 Å². The van der Waals surface area contributed by atoms with Gasteiger partial charge in [-0.15, -0.1) is 5.69 Å². The summed E-state index contributed by atoms with van der Waals surface area (Å²) >= 11 is 1.25. The third kappa shape index (κ3) is 7.81. The Balaban J connectivity index is 0.000000437. The van der Waals surface area contributed by atoms with Crippen LogP contribution in [-0.4, -0.2) is 23.3 Å². The van der Waals surface area contributed by atoms with E-state index in [1.807, 2.05) is 25.1 Å². The van der Waals surface area contributed by atoms with E-state index in [4.69, 9.17) is 0 Å². The molecule has 8 nitrogen and oxygen atoms in total. The Labute approximate surface area is 208 Å². The van der Waals surface area contributed by atoms with Crippen LogP contribution in [0, 0.1) is 17.0 Å². The summed E-state index contributed by atoms with van der Waals surface area (Å²) in [6.07, 6.45) is 5.02. The molecule has 0 aliphatic rings. The summed E-state index contributed by atoms with van der Waals surface area (Å²) in [7, 11) is -3.97. The van der Waals surface area contributed by atoms with Gasteiger partial charge in [-0.3, -0.25) is 20.1 Å². The zero-order chi connectivity index (χ0) is 25.0. The summed E-state index contributed by atoms with van der Waals surface area (Å²) in [5.41, 5.74) is 1.52. The van der Waals surface area contributed by atoms with E-state index in [1.165, 1.54) is 56.2 Å². The fraction of sp³-hybridized carbons (Fsp3) is 0.0435. The second kappa shape index (κ2) is 13.3. The van der Waals surface area contributed by atoms with Crippen LogP contribution in [0.25, 0.3) is 16.0 Å². The number of halogens is 1. The number of sulfonamides is 1. The van der Waals surface area contributed by atoms with Crippen molar-refractivity contribution in [3.63, 3.8) is 0 Å². The Kier molecular flexibility index (Phi) is 10.4. The van der Waals surface area contributed by atoms with Crippen molar-refractivity contribution in [1.29, 1.82) is 0 Å². The Bertz CT molecular complexity index is 1270. The minimum absolute atomic E-state index is 0.0495. The minimum Gasteiger partial charge on any atom is -0.265 e. The molecule has 0 unspecified atom stereocenters. The van der Waals surface area contributed by atoms with Gasteiger partial charge < -0.3 is 4.72 Å². The van der Waals surface area contributed by atoms with Crippen molar-refractivity contribution in [2.45, 2.75) is 11.8 Å². The second-order valence-corrected chi connectivity index (χ2v) is 8.18. The molecule has 0 aliphatic heterocycles. The van der Waals surface area contributed by atoms with Crippen molar-refractivity contribution in [2.75, 3.05) is 0 Å². The Morgan fingerprint density at radius 2 is 1.56 bits per heavy atom. The quantitative estimate of drug-likeness (QED) is 0.168. The molecule has 0 aliphatic carbocycles. The van der Waals surface area contributed by atoms with Crippen LogP contribution >= 0.6 is 0 Å². The van der Waals surface area contributed by atoms with Gasteiger partial charge in [-0.2, -0.15) is 0 Å². The molecule has 2 heterocycles. The van der Waals surface area contributed by atoms with Crippen LogP contribution in [-0.2, 0) is 29.7 Å². The number of non-ortho nitro benzene ring substituents is 1. The van der Waals surface area contributed by atoms with Gasteiger partial charge in [-0.1, -0.05) is 35.9 Å². The Morgan fingerprint density at radius 3 is 2.06 bits per heavy atom. The van der Waals surface area contributed by atoms with Gasteiger partial charge in [0.2, 0.25) is 0 Å². The summed E-state index contributed by atoms with van der Waals surface area (Å²) in [4.78, 5) is 18.5. The van der Waals surface area contributed by atoms with Crippen LogP contribution in [0.15, 0.2) is 102 Å². The van der Waals surface area contributed by atoms with Gasteiger partial charge in [0.1, 0.15) is 10.0 Å². The van der Waals surface area contributed by atoms with Crippen molar-refractivity contribution < 1.29 is 36.3 Å². The Morgan fingerprint density at radius 1 is 0.912 bits per heavy atom. The first-order valence-corrected chi connectivity index (χ1v) is 11.6. The first kappa shape index (κ1) is 26.7. The molecule has 4 aromatic rings. The molecule has 0 atom stereocenters. The van der Waals surface area contributed by atoms with Crippen molar-refractivity contribution in [3.05, 3.63) is 118 Å². The SMILES string of the molecule is Cc1ccc(S(=O)(=O)[N-]c2ccc([N+](=O)[O-])cc2-c2ccccn2)cc1.[F][Pd+].c1ccncc1. The molecule has 34 heavy (non-hydrogen) atoms. The van der Waals surface area contributed by atoms with E-state index < -0.39 is 14.9 Å². The molecule has 11 heteroatoms. The van der Waals surface area contributed by atoms with Crippen LogP contribution in [0.5, 0.6) is 0 Å². The fourth-order valence-corrected chi connectivity index (χ4v) is 3.65. The maximum absolute atomic E-state index is 12.6. The molecule has 2 aromatic carbocycles. The smallest absolute Gasteiger partial charge is 0.0267 e. The number of aryl methyl sites for hydroxylation is 1. The number of hydrogen-bond acceptors (Lipinski definition) is 6. The van der Waals surface area contributed by atoms with Crippen LogP contribution in [0.2, 0.25) is 0 Å². The van der Waals surface area contributed by atoms with Crippen molar-refractivity contribution in [3.8, 4) is 11.3 Å². The zero-order valence-corrected chi connectivity index (χ0v) is 20.1. The molecule has 0 fully saturated rings. The van der Waals surface area contributed by atoms with Gasteiger partial charge in [0.05, 0.1) is 15.5 Å². The summed E-state index contributed by atoms with van der Waals surface area (Å²) in [5, 5.41) is 11.1. The molecular weight excluding hydrogens is 554 g/mol. The number of hydrogen-bond donors (Lipinski definition) is 0. The number of aromatic nitrogens is 2. The molecule has 4 rings (SSSR count). The molecule has 0 amide bonds. The van der Waals surface area contributed by atoms with E-state index in [1.54, 1.807) is 42.7 Å². The van der Waals surface area contributed by atoms with E-state index in [0.29, 0.717) is 5.69 Å². The number of pyridine rings is 2. The summed E-state index contributed by atoms with van der Waals surface area (Å²) in [5.74, 6) is 0. The largest absolute Gasteiger partial charge is 0.265 e. The molecule has 0 radical (unpaired) electrons. The van der Waals surface area contributed by atoms with Crippen molar-refractivity contribution in [2.24, 2.45) is 0 Å². The van der Waals surface area contributed by atoms with E-state index in [0.717, 1.165) is 5.56 Å². The number of benzene rings is 2. The van der Waals surface area contributed by atoms with Gasteiger partial charge in [0.15, 0.2) is 0 Å². The first-order chi connectivity index (χ1) is 16.4. The topological polar surface area (TPSA) is 117 Å². The predicted octanol–water partition coefficient (Wildman–Crippen LogP) is 5.86.